The number of aliphatic hydroxyl groups excluding tert-OH is 1. The van der Waals surface area contributed by atoms with Gasteiger partial charge in [0.2, 0.25) is 10.0 Å². The van der Waals surface area contributed by atoms with E-state index in [0.29, 0.717) is 4.31 Å². The average molecular weight is 352 g/mol. The number of halogens is 5. The van der Waals surface area contributed by atoms with E-state index in [1.165, 1.54) is 0 Å². The molecule has 20 heavy (non-hydrogen) atoms. The van der Waals surface area contributed by atoms with E-state index in [0.717, 1.165) is 12.1 Å². The van der Waals surface area contributed by atoms with Crippen molar-refractivity contribution >= 4 is 33.2 Å². The number of sulfonamides is 1. The Morgan fingerprint density at radius 2 is 1.90 bits per heavy atom. The Morgan fingerprint density at radius 1 is 1.30 bits per heavy atom. The van der Waals surface area contributed by atoms with Crippen molar-refractivity contribution in [3.63, 3.8) is 0 Å². The maximum atomic E-state index is 13.5. The molecule has 0 aromatic heterocycles. The summed E-state index contributed by atoms with van der Waals surface area (Å²) in [6, 6.07) is 1.87. The third-order valence-electron chi connectivity index (χ3n) is 2.31. The summed E-state index contributed by atoms with van der Waals surface area (Å²) >= 11 is 11.0. The second-order valence-corrected chi connectivity index (χ2v) is 6.34. The van der Waals surface area contributed by atoms with E-state index in [1.54, 1.807) is 0 Å². The molecule has 0 aliphatic rings. The maximum absolute atomic E-state index is 13.5. The SMILES string of the molecule is O=S(=O)(c1ccc(Cl)c(F)c1Cl)N(CCO)CC(F)F. The molecule has 0 amide bonds. The first-order chi connectivity index (χ1) is 9.21. The average Bonchev–Trinajstić information content (AvgIpc) is 2.34. The van der Waals surface area contributed by atoms with Crippen molar-refractivity contribution in [2.75, 3.05) is 19.7 Å². The number of rotatable bonds is 6. The highest BCUT2D eigenvalue weighted by molar-refractivity contribution is 7.89. The van der Waals surface area contributed by atoms with Crippen LogP contribution < -0.4 is 0 Å². The van der Waals surface area contributed by atoms with Gasteiger partial charge in [-0.25, -0.2) is 21.6 Å². The van der Waals surface area contributed by atoms with Gasteiger partial charge in [-0.05, 0) is 12.1 Å². The van der Waals surface area contributed by atoms with Crippen molar-refractivity contribution in [2.24, 2.45) is 0 Å². The molecule has 1 rings (SSSR count). The smallest absolute Gasteiger partial charge is 0.252 e. The summed E-state index contributed by atoms with van der Waals surface area (Å²) in [4.78, 5) is -0.685. The Bertz CT molecular complexity index is 583. The van der Waals surface area contributed by atoms with Crippen LogP contribution in [0.1, 0.15) is 0 Å². The van der Waals surface area contributed by atoms with Gasteiger partial charge in [0.05, 0.1) is 23.2 Å². The van der Waals surface area contributed by atoms with Gasteiger partial charge < -0.3 is 5.11 Å². The fraction of sp³-hybridized carbons (Fsp3) is 0.400. The fourth-order valence-electron chi connectivity index (χ4n) is 1.42. The van der Waals surface area contributed by atoms with E-state index in [2.05, 4.69) is 0 Å². The Hall–Kier alpha value is -0.540. The van der Waals surface area contributed by atoms with E-state index >= 15 is 0 Å². The lowest BCUT2D eigenvalue weighted by Crippen LogP contribution is -2.37. The zero-order chi connectivity index (χ0) is 15.5. The minimum atomic E-state index is -4.47. The molecule has 0 aliphatic heterocycles. The molecule has 1 aromatic carbocycles. The molecular weight excluding hydrogens is 342 g/mol. The largest absolute Gasteiger partial charge is 0.395 e. The van der Waals surface area contributed by atoms with Crippen LogP contribution in [0.2, 0.25) is 10.0 Å². The second kappa shape index (κ2) is 6.95. The highest BCUT2D eigenvalue weighted by atomic mass is 35.5. The van der Waals surface area contributed by atoms with Crippen molar-refractivity contribution in [3.8, 4) is 0 Å². The molecule has 0 bridgehead atoms. The summed E-state index contributed by atoms with van der Waals surface area (Å²) < 4.78 is 62.8. The maximum Gasteiger partial charge on any atom is 0.252 e. The van der Waals surface area contributed by atoms with Gasteiger partial charge in [0, 0.05) is 6.54 Å². The van der Waals surface area contributed by atoms with Crippen LogP contribution in [-0.2, 0) is 10.0 Å². The predicted octanol–water partition coefficient (Wildman–Crippen LogP) is 2.38. The van der Waals surface area contributed by atoms with Gasteiger partial charge in [0.1, 0.15) is 4.90 Å². The van der Waals surface area contributed by atoms with E-state index < -0.39 is 56.9 Å². The van der Waals surface area contributed by atoms with Crippen molar-refractivity contribution < 1.29 is 26.7 Å². The van der Waals surface area contributed by atoms with Crippen LogP contribution in [0.15, 0.2) is 17.0 Å². The number of hydrogen-bond acceptors (Lipinski definition) is 3. The third-order valence-corrected chi connectivity index (χ3v) is 4.99. The molecule has 10 heteroatoms. The molecule has 0 atom stereocenters. The first kappa shape index (κ1) is 17.5. The first-order valence-corrected chi connectivity index (χ1v) is 7.44. The summed E-state index contributed by atoms with van der Waals surface area (Å²) in [5.41, 5.74) is 0. The quantitative estimate of drug-likeness (QED) is 0.800. The van der Waals surface area contributed by atoms with E-state index in [-0.39, 0.29) is 0 Å². The normalized spacial score (nSPS) is 12.4. The van der Waals surface area contributed by atoms with Gasteiger partial charge in [-0.2, -0.15) is 4.31 Å². The number of benzene rings is 1. The minimum absolute atomic E-state index is 0.326. The monoisotopic (exact) mass is 351 g/mol. The van der Waals surface area contributed by atoms with Crippen LogP contribution in [0.25, 0.3) is 0 Å². The van der Waals surface area contributed by atoms with Crippen LogP contribution in [0.4, 0.5) is 13.2 Å². The van der Waals surface area contributed by atoms with Gasteiger partial charge in [-0.1, -0.05) is 23.2 Å². The molecule has 0 unspecified atom stereocenters. The van der Waals surface area contributed by atoms with Gasteiger partial charge in [-0.3, -0.25) is 0 Å². The summed E-state index contributed by atoms with van der Waals surface area (Å²) in [6.07, 6.45) is -2.95. The zero-order valence-corrected chi connectivity index (χ0v) is 12.2. The molecule has 1 N–H and O–H groups in total. The molecule has 0 radical (unpaired) electrons. The van der Waals surface area contributed by atoms with Crippen LogP contribution >= 0.6 is 23.2 Å². The lowest BCUT2D eigenvalue weighted by Gasteiger charge is -2.21. The number of aliphatic hydroxyl groups is 1. The van der Waals surface area contributed by atoms with Crippen molar-refractivity contribution in [3.05, 3.63) is 28.0 Å². The second-order valence-electron chi connectivity index (χ2n) is 3.65. The molecular formula is C10H10Cl2F3NO3S. The molecule has 114 valence electrons. The minimum Gasteiger partial charge on any atom is -0.395 e. The van der Waals surface area contributed by atoms with E-state index in [1.807, 2.05) is 0 Å². The van der Waals surface area contributed by atoms with Crippen molar-refractivity contribution in [2.45, 2.75) is 11.3 Å². The molecule has 0 heterocycles. The zero-order valence-electron chi connectivity index (χ0n) is 9.86. The van der Waals surface area contributed by atoms with E-state index in [4.69, 9.17) is 28.3 Å². The van der Waals surface area contributed by atoms with Crippen LogP contribution in [-0.4, -0.2) is 44.0 Å². The highest BCUT2D eigenvalue weighted by Gasteiger charge is 2.30. The molecule has 1 aromatic rings. The Balaban J connectivity index is 3.30. The van der Waals surface area contributed by atoms with Gasteiger partial charge in [0.15, 0.2) is 5.82 Å². The van der Waals surface area contributed by atoms with Gasteiger partial charge in [0.25, 0.3) is 6.43 Å². The number of alkyl halides is 2. The third kappa shape index (κ3) is 3.76. The first-order valence-electron chi connectivity index (χ1n) is 5.24. The molecule has 0 fully saturated rings. The van der Waals surface area contributed by atoms with Crippen molar-refractivity contribution in [1.82, 2.24) is 4.31 Å². The molecule has 0 saturated carbocycles. The summed E-state index contributed by atoms with van der Waals surface area (Å²) in [5, 5.41) is 7.57. The number of hydrogen-bond donors (Lipinski definition) is 1. The summed E-state index contributed by atoms with van der Waals surface area (Å²) in [6.45, 7) is -2.36. The van der Waals surface area contributed by atoms with Crippen LogP contribution in [0.3, 0.4) is 0 Å². The fourth-order valence-corrected chi connectivity index (χ4v) is 3.55. The van der Waals surface area contributed by atoms with Crippen LogP contribution in [0, 0.1) is 5.82 Å². The Kier molecular flexibility index (Phi) is 6.08. The van der Waals surface area contributed by atoms with Gasteiger partial charge >= 0.3 is 0 Å². The van der Waals surface area contributed by atoms with Gasteiger partial charge in [-0.15, -0.1) is 0 Å². The Morgan fingerprint density at radius 3 is 2.40 bits per heavy atom. The predicted molar refractivity (Wildman–Crippen MR) is 68.3 cm³/mol. The van der Waals surface area contributed by atoms with Crippen molar-refractivity contribution in [1.29, 1.82) is 0 Å². The van der Waals surface area contributed by atoms with Crippen LogP contribution in [0.5, 0.6) is 0 Å². The molecule has 0 aliphatic carbocycles. The Labute approximate surface area is 123 Å². The summed E-state index contributed by atoms with van der Waals surface area (Å²) in [7, 11) is -4.47. The standard InChI is InChI=1S/C10H10Cl2F3NO3S/c11-6-1-2-7(9(12)10(6)15)20(18,19)16(3-4-17)5-8(13)14/h1-2,8,17H,3-5H2. The summed E-state index contributed by atoms with van der Waals surface area (Å²) in [5.74, 6) is -1.16. The van der Waals surface area contributed by atoms with E-state index in [9.17, 15) is 21.6 Å². The molecule has 4 nitrogen and oxygen atoms in total. The highest BCUT2D eigenvalue weighted by Crippen LogP contribution is 2.31. The number of nitrogens with zero attached hydrogens (tertiary/aromatic N) is 1. The topological polar surface area (TPSA) is 57.6 Å². The molecule has 0 spiro atoms. The lowest BCUT2D eigenvalue weighted by atomic mass is 10.3. The molecule has 0 saturated heterocycles. The lowest BCUT2D eigenvalue weighted by molar-refractivity contribution is 0.113.